The number of aliphatic imine (C=N–C) groups is 1. The van der Waals surface area contributed by atoms with Crippen LogP contribution in [0.2, 0.25) is 0 Å². The molecule has 0 saturated carbocycles. The highest BCUT2D eigenvalue weighted by Gasteiger charge is 2.34. The number of carbonyl (C=O) groups is 2. The number of likely N-dealkylation sites (N-methyl/N-ethyl adjacent to an activating group) is 1. The number of rotatable bonds is 8. The van der Waals surface area contributed by atoms with E-state index < -0.39 is 5.97 Å². The van der Waals surface area contributed by atoms with Gasteiger partial charge in [-0.1, -0.05) is 66.8 Å². The van der Waals surface area contributed by atoms with Crippen LogP contribution in [0.5, 0.6) is 0 Å². The summed E-state index contributed by atoms with van der Waals surface area (Å²) in [4.78, 5) is 33.8. The lowest BCUT2D eigenvalue weighted by molar-refractivity contribution is -0.122. The average molecular weight is 534 g/mol. The minimum atomic E-state index is -0.477. The Labute approximate surface area is 234 Å². The Morgan fingerprint density at radius 3 is 2.42 bits per heavy atom. The summed E-state index contributed by atoms with van der Waals surface area (Å²) in [5.74, 6) is -0.596. The number of esters is 1. The maximum absolute atomic E-state index is 13.2. The lowest BCUT2D eigenvalue weighted by Crippen LogP contribution is -2.29. The molecule has 3 aromatic rings. The average Bonchev–Trinajstić information content (AvgIpc) is 3.28. The summed E-state index contributed by atoms with van der Waals surface area (Å²) in [6.45, 7) is 4.21. The van der Waals surface area contributed by atoms with Gasteiger partial charge in [-0.25, -0.2) is 4.79 Å². The van der Waals surface area contributed by atoms with Gasteiger partial charge >= 0.3 is 12.0 Å². The van der Waals surface area contributed by atoms with Crippen LogP contribution in [-0.2, 0) is 14.3 Å². The van der Waals surface area contributed by atoms with Crippen molar-refractivity contribution in [2.45, 2.75) is 26.3 Å². The number of nitrogens with zero attached hydrogens (tertiary/aromatic N) is 3. The van der Waals surface area contributed by atoms with Gasteiger partial charge in [0.1, 0.15) is 0 Å². The van der Waals surface area contributed by atoms with Gasteiger partial charge in [0.15, 0.2) is 5.76 Å². The lowest BCUT2D eigenvalue weighted by Gasteiger charge is -2.32. The molecule has 1 amide bonds. The summed E-state index contributed by atoms with van der Waals surface area (Å²) in [5, 5.41) is 0. The minimum Gasteiger partial charge on any atom is -0.462 e. The van der Waals surface area contributed by atoms with Crippen molar-refractivity contribution in [1.82, 2.24) is 4.90 Å². The molecule has 0 aromatic heterocycles. The monoisotopic (exact) mass is 533 g/mol. The Balaban J connectivity index is 1.41. The highest BCUT2D eigenvalue weighted by Crippen LogP contribution is 2.32. The zero-order valence-electron chi connectivity index (χ0n) is 22.6. The molecular formula is C33H31N3O4. The predicted molar refractivity (Wildman–Crippen MR) is 158 cm³/mol. The van der Waals surface area contributed by atoms with Crippen LogP contribution in [0.15, 0.2) is 114 Å². The lowest BCUT2D eigenvalue weighted by atomic mass is 10.0. The topological polar surface area (TPSA) is 71.4 Å². The Morgan fingerprint density at radius 1 is 1.00 bits per heavy atom. The molecular weight excluding hydrogens is 502 g/mol. The number of benzene rings is 3. The maximum Gasteiger partial charge on any atom is 0.340 e. The van der Waals surface area contributed by atoms with Crippen molar-refractivity contribution in [3.63, 3.8) is 0 Å². The van der Waals surface area contributed by atoms with E-state index in [2.05, 4.69) is 46.3 Å². The smallest absolute Gasteiger partial charge is 0.340 e. The number of anilines is 2. The number of para-hydroxylation sites is 2. The van der Waals surface area contributed by atoms with Gasteiger partial charge < -0.3 is 14.4 Å². The first-order valence-electron chi connectivity index (χ1n) is 13.4. The van der Waals surface area contributed by atoms with Gasteiger partial charge in [-0.3, -0.25) is 9.69 Å². The number of amidine groups is 1. The van der Waals surface area contributed by atoms with E-state index in [9.17, 15) is 9.59 Å². The number of ether oxygens (including phenoxy) is 2. The summed E-state index contributed by atoms with van der Waals surface area (Å²) < 4.78 is 11.1. The molecule has 1 aliphatic heterocycles. The number of allylic oxidation sites excluding steroid dienone is 2. The highest BCUT2D eigenvalue weighted by atomic mass is 16.5. The first-order chi connectivity index (χ1) is 19.6. The van der Waals surface area contributed by atoms with E-state index in [1.807, 2.05) is 49.4 Å². The molecule has 1 saturated heterocycles. The van der Waals surface area contributed by atoms with Crippen molar-refractivity contribution in [2.75, 3.05) is 18.1 Å². The second kappa shape index (κ2) is 12.3. The van der Waals surface area contributed by atoms with E-state index in [1.165, 1.54) is 4.90 Å². The van der Waals surface area contributed by atoms with Crippen LogP contribution in [0.4, 0.5) is 17.1 Å². The van der Waals surface area contributed by atoms with Crippen molar-refractivity contribution in [3.8, 4) is 0 Å². The van der Waals surface area contributed by atoms with Gasteiger partial charge in [0.05, 0.1) is 23.9 Å². The number of hydrogen-bond donors (Lipinski definition) is 0. The molecule has 3 aromatic carbocycles. The molecule has 0 radical (unpaired) electrons. The third-order valence-corrected chi connectivity index (χ3v) is 6.61. The second-order valence-electron chi connectivity index (χ2n) is 9.21. The molecule has 0 N–H and O–H groups in total. The van der Waals surface area contributed by atoms with Crippen LogP contribution < -0.4 is 4.90 Å². The van der Waals surface area contributed by atoms with Crippen molar-refractivity contribution in [3.05, 3.63) is 120 Å². The molecule has 1 aliphatic carbocycles. The highest BCUT2D eigenvalue weighted by molar-refractivity contribution is 6.12. The Hall–Kier alpha value is -4.91. The summed E-state index contributed by atoms with van der Waals surface area (Å²) in [6, 6.07) is 25.5. The van der Waals surface area contributed by atoms with Crippen LogP contribution in [0.3, 0.4) is 0 Å². The van der Waals surface area contributed by atoms with Gasteiger partial charge in [0.25, 0.3) is 5.91 Å². The molecule has 7 nitrogen and oxygen atoms in total. The fourth-order valence-corrected chi connectivity index (χ4v) is 4.69. The summed E-state index contributed by atoms with van der Waals surface area (Å²) in [5.41, 5.74) is 3.66. The Kier molecular flexibility index (Phi) is 8.21. The zero-order chi connectivity index (χ0) is 27.9. The third-order valence-electron chi connectivity index (χ3n) is 6.61. The normalized spacial score (nSPS) is 18.3. The van der Waals surface area contributed by atoms with E-state index in [4.69, 9.17) is 9.47 Å². The molecule has 5 rings (SSSR count). The number of carbonyl (C=O) groups excluding carboxylic acids is 2. The van der Waals surface area contributed by atoms with Gasteiger partial charge in [-0.2, -0.15) is 4.99 Å². The molecule has 202 valence electrons. The van der Waals surface area contributed by atoms with E-state index in [-0.39, 0.29) is 30.3 Å². The van der Waals surface area contributed by atoms with Crippen molar-refractivity contribution in [2.24, 2.45) is 4.99 Å². The zero-order valence-corrected chi connectivity index (χ0v) is 22.6. The van der Waals surface area contributed by atoms with Gasteiger partial charge in [-0.05, 0) is 68.3 Å². The minimum absolute atomic E-state index is 0.125. The Bertz CT molecular complexity index is 1490. The van der Waals surface area contributed by atoms with E-state index in [0.717, 1.165) is 23.4 Å². The van der Waals surface area contributed by atoms with Gasteiger partial charge in [-0.15, -0.1) is 0 Å². The number of amides is 1. The molecule has 7 heteroatoms. The van der Waals surface area contributed by atoms with E-state index in [0.29, 0.717) is 17.8 Å². The summed E-state index contributed by atoms with van der Waals surface area (Å²) in [6.07, 6.45) is 11.1. The summed E-state index contributed by atoms with van der Waals surface area (Å²) in [7, 11) is 0. The van der Waals surface area contributed by atoms with Crippen molar-refractivity contribution in [1.29, 1.82) is 0 Å². The van der Waals surface area contributed by atoms with Crippen molar-refractivity contribution >= 4 is 41.0 Å². The number of hydrogen-bond acceptors (Lipinski definition) is 6. The maximum atomic E-state index is 13.2. The Morgan fingerprint density at radius 2 is 1.73 bits per heavy atom. The summed E-state index contributed by atoms with van der Waals surface area (Å²) >= 11 is 0. The van der Waals surface area contributed by atoms with E-state index in [1.54, 1.807) is 37.3 Å². The SMILES string of the molecule is CCOC(=O)c1ccccc1N=C1O/C(=C/c2ccc(N(c3ccccc3)C3C=CC=CC3)cc2)C(=O)N1CC. The molecule has 0 bridgehead atoms. The molecule has 1 atom stereocenters. The molecule has 0 spiro atoms. The first-order valence-corrected chi connectivity index (χ1v) is 13.4. The molecule has 1 fully saturated rings. The van der Waals surface area contributed by atoms with Crippen molar-refractivity contribution < 1.29 is 19.1 Å². The molecule has 40 heavy (non-hydrogen) atoms. The van der Waals surface area contributed by atoms with Crippen LogP contribution in [-0.4, -0.2) is 42.0 Å². The molecule has 2 aliphatic rings. The fraction of sp³-hybridized carbons (Fsp3) is 0.182. The fourth-order valence-electron chi connectivity index (χ4n) is 4.69. The third kappa shape index (κ3) is 5.73. The predicted octanol–water partition coefficient (Wildman–Crippen LogP) is 6.79. The van der Waals surface area contributed by atoms with Gasteiger partial charge in [0, 0.05) is 17.9 Å². The second-order valence-corrected chi connectivity index (χ2v) is 9.21. The molecule has 1 unspecified atom stereocenters. The molecule has 1 heterocycles. The standard InChI is InChI=1S/C33H31N3O4/c1-3-35-31(37)30(40-33(35)34-29-18-12-11-17-28(29)32(38)39-4-2)23-24-19-21-27(22-20-24)36(25-13-7-5-8-14-25)26-15-9-6-10-16-26/h5-15,17-23,26H,3-4,16H2,1-2H3/b30-23+,34-33?. The largest absolute Gasteiger partial charge is 0.462 e. The quantitative estimate of drug-likeness (QED) is 0.235. The van der Waals surface area contributed by atoms with Crippen LogP contribution >= 0.6 is 0 Å². The van der Waals surface area contributed by atoms with Crippen LogP contribution in [0.1, 0.15) is 36.2 Å². The first kappa shape index (κ1) is 26.7. The van der Waals surface area contributed by atoms with Crippen LogP contribution in [0.25, 0.3) is 6.08 Å². The van der Waals surface area contributed by atoms with Crippen LogP contribution in [0, 0.1) is 0 Å². The van der Waals surface area contributed by atoms with Gasteiger partial charge in [0.2, 0.25) is 0 Å². The van der Waals surface area contributed by atoms with E-state index >= 15 is 0 Å².